The summed E-state index contributed by atoms with van der Waals surface area (Å²) in [6.45, 7) is 4.03. The van der Waals surface area contributed by atoms with Crippen molar-refractivity contribution in [2.24, 2.45) is 0 Å². The molecule has 0 amide bonds. The molecule has 0 fully saturated rings. The van der Waals surface area contributed by atoms with Crippen LogP contribution in [0.5, 0.6) is 0 Å². The van der Waals surface area contributed by atoms with Gasteiger partial charge in [-0.2, -0.15) is 0 Å². The Morgan fingerprint density at radius 2 is 1.48 bits per heavy atom. The Morgan fingerprint density at radius 3 is 2.14 bits per heavy atom. The molecular weight excluding hydrogens is 362 g/mol. The van der Waals surface area contributed by atoms with E-state index in [0.29, 0.717) is 27.7 Å². The van der Waals surface area contributed by atoms with Gasteiger partial charge >= 0.3 is 5.97 Å². The Morgan fingerprint density at radius 1 is 0.862 bits per heavy atom. The van der Waals surface area contributed by atoms with Crippen LogP contribution in [0.25, 0.3) is 27.7 Å². The van der Waals surface area contributed by atoms with Crippen molar-refractivity contribution in [2.45, 2.75) is 13.8 Å². The molecule has 144 valence electrons. The molecule has 29 heavy (non-hydrogen) atoms. The number of aryl methyl sites for hydroxylation is 1. The van der Waals surface area contributed by atoms with Gasteiger partial charge in [-0.25, -0.2) is 4.79 Å². The zero-order valence-electron chi connectivity index (χ0n) is 16.4. The van der Waals surface area contributed by atoms with Gasteiger partial charge in [-0.1, -0.05) is 66.2 Å². The number of esters is 1. The Bertz CT molecular complexity index is 1240. The molecule has 0 bridgehead atoms. The molecule has 4 aromatic rings. The molecule has 0 unspecified atom stereocenters. The van der Waals surface area contributed by atoms with Gasteiger partial charge in [0.05, 0.1) is 17.9 Å². The topological polar surface area (TPSA) is 48.3 Å². The van der Waals surface area contributed by atoms with E-state index in [1.807, 2.05) is 67.6 Å². The van der Waals surface area contributed by atoms with Crippen molar-refractivity contribution >= 4 is 16.7 Å². The number of ether oxygens (including phenoxy) is 1. The van der Waals surface area contributed by atoms with Crippen molar-refractivity contribution in [1.82, 2.24) is 4.57 Å². The first-order valence-electron chi connectivity index (χ1n) is 9.59. The average molecular weight is 383 g/mol. The van der Waals surface area contributed by atoms with Gasteiger partial charge in [0, 0.05) is 16.5 Å². The molecule has 0 radical (unpaired) electrons. The predicted molar refractivity (Wildman–Crippen MR) is 116 cm³/mol. The molecule has 4 rings (SSSR count). The Balaban J connectivity index is 2.21. The van der Waals surface area contributed by atoms with E-state index in [0.717, 1.165) is 11.1 Å². The number of fused-ring (bicyclic) bond motifs is 1. The third kappa shape index (κ3) is 3.34. The third-order valence-corrected chi connectivity index (χ3v) is 4.91. The number of benzene rings is 3. The highest BCUT2D eigenvalue weighted by Crippen LogP contribution is 2.31. The number of carbonyl (C=O) groups excluding carboxylic acids is 1. The molecular formula is C25H21NO3. The maximum absolute atomic E-state index is 13.6. The zero-order chi connectivity index (χ0) is 20.4. The first-order valence-corrected chi connectivity index (χ1v) is 9.59. The smallest absolute Gasteiger partial charge is 0.340 e. The van der Waals surface area contributed by atoms with Crippen molar-refractivity contribution in [3.05, 3.63) is 100 Å². The van der Waals surface area contributed by atoms with Crippen LogP contribution in [0.1, 0.15) is 22.8 Å². The van der Waals surface area contributed by atoms with Gasteiger partial charge in [-0.05, 0) is 37.6 Å². The van der Waals surface area contributed by atoms with Crippen LogP contribution in [0.3, 0.4) is 0 Å². The maximum Gasteiger partial charge on any atom is 0.340 e. The van der Waals surface area contributed by atoms with Gasteiger partial charge < -0.3 is 4.74 Å². The molecule has 1 heterocycles. The number of carbonyl (C=O) groups is 1. The van der Waals surface area contributed by atoms with Crippen LogP contribution in [-0.4, -0.2) is 17.1 Å². The minimum atomic E-state index is -0.441. The summed E-state index contributed by atoms with van der Waals surface area (Å²) in [7, 11) is 0. The predicted octanol–water partition coefficient (Wildman–Crippen LogP) is 5.14. The van der Waals surface area contributed by atoms with Crippen LogP contribution in [0.2, 0.25) is 0 Å². The lowest BCUT2D eigenvalue weighted by atomic mass is 9.98. The Hall–Kier alpha value is -3.66. The van der Waals surface area contributed by atoms with E-state index in [4.69, 9.17) is 4.74 Å². The summed E-state index contributed by atoms with van der Waals surface area (Å²) in [5.74, 6) is -0.441. The molecule has 0 N–H and O–H groups in total. The highest BCUT2D eigenvalue weighted by molar-refractivity contribution is 6.09. The second-order valence-corrected chi connectivity index (χ2v) is 6.83. The van der Waals surface area contributed by atoms with Gasteiger partial charge in [0.2, 0.25) is 0 Å². The number of pyridine rings is 1. The molecule has 0 spiro atoms. The first-order chi connectivity index (χ1) is 14.1. The van der Waals surface area contributed by atoms with Gasteiger partial charge in [0.25, 0.3) is 5.56 Å². The Kier molecular flexibility index (Phi) is 5.00. The molecule has 1 aromatic heterocycles. The summed E-state index contributed by atoms with van der Waals surface area (Å²) in [5.41, 5.74) is 3.34. The largest absolute Gasteiger partial charge is 0.462 e. The molecule has 0 aliphatic carbocycles. The lowest BCUT2D eigenvalue weighted by Crippen LogP contribution is -2.24. The lowest BCUT2D eigenvalue weighted by molar-refractivity contribution is 0.0529. The summed E-state index contributed by atoms with van der Waals surface area (Å²) in [6.07, 6.45) is 0. The third-order valence-electron chi connectivity index (χ3n) is 4.91. The number of nitrogens with zero attached hydrogens (tertiary/aromatic N) is 1. The maximum atomic E-state index is 13.6. The van der Waals surface area contributed by atoms with Crippen molar-refractivity contribution < 1.29 is 9.53 Å². The van der Waals surface area contributed by atoms with Gasteiger partial charge in [-0.15, -0.1) is 0 Å². The van der Waals surface area contributed by atoms with Crippen LogP contribution < -0.4 is 5.56 Å². The van der Waals surface area contributed by atoms with Crippen LogP contribution >= 0.6 is 0 Å². The molecule has 0 aliphatic rings. The monoisotopic (exact) mass is 383 g/mol. The average Bonchev–Trinajstić information content (AvgIpc) is 2.75. The van der Waals surface area contributed by atoms with Crippen LogP contribution in [0.4, 0.5) is 0 Å². The van der Waals surface area contributed by atoms with E-state index < -0.39 is 5.97 Å². The Labute approximate surface area is 169 Å². The highest BCUT2D eigenvalue weighted by atomic mass is 16.5. The first kappa shape index (κ1) is 18.7. The number of aromatic nitrogens is 1. The summed E-state index contributed by atoms with van der Waals surface area (Å²) >= 11 is 0. The SMILES string of the molecule is CCOC(=O)c1c(-c2ccccc2)n(-c2ccc(C)cc2)c(=O)c2ccccc12. The second kappa shape index (κ2) is 7.76. The van der Waals surface area contributed by atoms with Crippen LogP contribution in [-0.2, 0) is 4.74 Å². The fourth-order valence-corrected chi connectivity index (χ4v) is 3.57. The van der Waals surface area contributed by atoms with E-state index in [-0.39, 0.29) is 12.2 Å². The summed E-state index contributed by atoms with van der Waals surface area (Å²) in [6, 6.07) is 24.4. The van der Waals surface area contributed by atoms with Gasteiger partial charge in [-0.3, -0.25) is 9.36 Å². The quantitative estimate of drug-likeness (QED) is 0.458. The van der Waals surface area contributed by atoms with Gasteiger partial charge in [0.1, 0.15) is 0 Å². The number of hydrogen-bond donors (Lipinski definition) is 0. The number of hydrogen-bond acceptors (Lipinski definition) is 3. The van der Waals surface area contributed by atoms with E-state index >= 15 is 0 Å². The molecule has 4 nitrogen and oxygen atoms in total. The lowest BCUT2D eigenvalue weighted by Gasteiger charge is -2.19. The highest BCUT2D eigenvalue weighted by Gasteiger charge is 2.24. The minimum Gasteiger partial charge on any atom is -0.462 e. The normalized spacial score (nSPS) is 10.8. The van der Waals surface area contributed by atoms with Crippen LogP contribution in [0.15, 0.2) is 83.7 Å². The minimum absolute atomic E-state index is 0.170. The second-order valence-electron chi connectivity index (χ2n) is 6.83. The summed E-state index contributed by atoms with van der Waals surface area (Å²) in [5, 5.41) is 1.08. The van der Waals surface area contributed by atoms with E-state index in [2.05, 4.69) is 0 Å². The van der Waals surface area contributed by atoms with Crippen LogP contribution in [0, 0.1) is 6.92 Å². The fraction of sp³-hybridized carbons (Fsp3) is 0.120. The summed E-state index contributed by atoms with van der Waals surface area (Å²) < 4.78 is 7.01. The molecule has 0 atom stereocenters. The number of rotatable bonds is 4. The van der Waals surface area contributed by atoms with E-state index in [9.17, 15) is 9.59 Å². The molecule has 0 saturated heterocycles. The van der Waals surface area contributed by atoms with Gasteiger partial charge in [0.15, 0.2) is 0 Å². The van der Waals surface area contributed by atoms with Crippen molar-refractivity contribution in [1.29, 1.82) is 0 Å². The van der Waals surface area contributed by atoms with Crippen molar-refractivity contribution in [3.63, 3.8) is 0 Å². The molecule has 0 aliphatic heterocycles. The molecule has 4 heteroatoms. The van der Waals surface area contributed by atoms with Crippen molar-refractivity contribution in [3.8, 4) is 16.9 Å². The van der Waals surface area contributed by atoms with E-state index in [1.165, 1.54) is 0 Å². The molecule has 3 aromatic carbocycles. The van der Waals surface area contributed by atoms with Crippen molar-refractivity contribution in [2.75, 3.05) is 6.61 Å². The summed E-state index contributed by atoms with van der Waals surface area (Å²) in [4.78, 5) is 26.6. The zero-order valence-corrected chi connectivity index (χ0v) is 16.4. The molecule has 0 saturated carbocycles. The standard InChI is InChI=1S/C25H21NO3/c1-3-29-25(28)22-20-11-7-8-12-21(20)24(27)26(19-15-13-17(2)14-16-19)23(22)18-9-5-4-6-10-18/h4-16H,3H2,1-2H3. The fourth-order valence-electron chi connectivity index (χ4n) is 3.57. The van der Waals surface area contributed by atoms with E-state index in [1.54, 1.807) is 29.7 Å².